The summed E-state index contributed by atoms with van der Waals surface area (Å²) in [6.07, 6.45) is 0.949. The van der Waals surface area contributed by atoms with Gasteiger partial charge in [0.15, 0.2) is 5.66 Å². The summed E-state index contributed by atoms with van der Waals surface area (Å²) in [7, 11) is 0. The molecule has 5 heteroatoms. The first-order valence-corrected chi connectivity index (χ1v) is 5.11. The Hall–Kier alpha value is -1.91. The highest BCUT2D eigenvalue weighted by Gasteiger charge is 2.33. The number of carbonyl (C=O) groups is 1. The van der Waals surface area contributed by atoms with E-state index < -0.39 is 0 Å². The van der Waals surface area contributed by atoms with Crippen LogP contribution in [0.4, 0.5) is 5.69 Å². The quantitative estimate of drug-likeness (QED) is 0.762. The first-order chi connectivity index (χ1) is 7.59. The Morgan fingerprint density at radius 1 is 1.44 bits per heavy atom. The van der Waals surface area contributed by atoms with Gasteiger partial charge in [-0.3, -0.25) is 4.79 Å². The van der Waals surface area contributed by atoms with Crippen molar-refractivity contribution in [1.29, 1.82) is 0 Å². The number of para-hydroxylation sites is 2. The zero-order valence-electron chi connectivity index (χ0n) is 8.97. The monoisotopic (exact) mass is 219 g/mol. The van der Waals surface area contributed by atoms with Crippen LogP contribution < -0.4 is 5.32 Å². The van der Waals surface area contributed by atoms with E-state index in [0.29, 0.717) is 18.5 Å². The molecular formula is C11H13N3O2. The first kappa shape index (κ1) is 10.6. The molecule has 0 radical (unpaired) electrons. The lowest BCUT2D eigenvalue weighted by Crippen LogP contribution is -2.15. The number of hydrogen-bond donors (Lipinski definition) is 2. The van der Waals surface area contributed by atoms with Gasteiger partial charge in [0, 0.05) is 12.8 Å². The predicted molar refractivity (Wildman–Crippen MR) is 59.2 cm³/mol. The zero-order chi connectivity index (χ0) is 11.6. The molecule has 1 aliphatic heterocycles. The number of carbonyl (C=O) groups excluding carboxylic acids is 1. The van der Waals surface area contributed by atoms with Crippen molar-refractivity contribution < 1.29 is 9.90 Å². The lowest BCUT2D eigenvalue weighted by Gasteiger charge is -2.07. The second-order valence-corrected chi connectivity index (χ2v) is 3.98. The molecule has 1 amide bonds. The molecule has 16 heavy (non-hydrogen) atoms. The van der Waals surface area contributed by atoms with Crippen LogP contribution in [-0.2, 0) is 4.79 Å². The molecule has 5 nitrogen and oxygen atoms in total. The first-order valence-electron chi connectivity index (χ1n) is 5.11. The van der Waals surface area contributed by atoms with Crippen LogP contribution in [0.25, 0.3) is 0 Å². The second kappa shape index (κ2) is 3.92. The van der Waals surface area contributed by atoms with E-state index >= 15 is 0 Å². The van der Waals surface area contributed by atoms with Crippen molar-refractivity contribution in [2.75, 3.05) is 5.32 Å². The van der Waals surface area contributed by atoms with Gasteiger partial charge in [-0.25, -0.2) is 0 Å². The van der Waals surface area contributed by atoms with Gasteiger partial charge in [0.25, 0.3) is 0 Å². The van der Waals surface area contributed by atoms with Crippen molar-refractivity contribution >= 4 is 11.6 Å². The number of amides is 1. The Kier molecular flexibility index (Phi) is 2.60. The van der Waals surface area contributed by atoms with Crippen molar-refractivity contribution in [2.24, 2.45) is 10.2 Å². The summed E-state index contributed by atoms with van der Waals surface area (Å²) in [5.41, 5.74) is 0.0816. The molecule has 2 rings (SSSR count). The number of anilines is 1. The van der Waals surface area contributed by atoms with E-state index in [1.807, 2.05) is 6.92 Å². The van der Waals surface area contributed by atoms with Crippen LogP contribution in [0.3, 0.4) is 0 Å². The molecule has 2 N–H and O–H groups in total. The minimum absolute atomic E-state index is 0.0721. The van der Waals surface area contributed by atoms with Gasteiger partial charge in [-0.1, -0.05) is 12.1 Å². The van der Waals surface area contributed by atoms with E-state index in [4.69, 9.17) is 0 Å². The maximum absolute atomic E-state index is 11.5. The molecule has 1 aromatic rings. The predicted octanol–water partition coefficient (Wildman–Crippen LogP) is 2.29. The minimum atomic E-state index is -0.351. The van der Waals surface area contributed by atoms with Gasteiger partial charge in [0.2, 0.25) is 5.91 Å². The Bertz CT molecular complexity index is 437. The number of nitrogens with one attached hydrogen (secondary N) is 1. The van der Waals surface area contributed by atoms with E-state index in [0.717, 1.165) is 0 Å². The molecule has 1 heterocycles. The van der Waals surface area contributed by atoms with Crippen molar-refractivity contribution in [3.8, 4) is 5.75 Å². The average molecular weight is 219 g/mol. The van der Waals surface area contributed by atoms with Gasteiger partial charge in [0.05, 0.1) is 5.69 Å². The summed E-state index contributed by atoms with van der Waals surface area (Å²) < 4.78 is 0. The van der Waals surface area contributed by atoms with E-state index in [2.05, 4.69) is 15.5 Å². The maximum Gasteiger partial charge on any atom is 0.224 e. The molecule has 0 saturated heterocycles. The molecule has 0 fully saturated rings. The van der Waals surface area contributed by atoms with Crippen molar-refractivity contribution in [2.45, 2.75) is 25.4 Å². The van der Waals surface area contributed by atoms with E-state index in [-0.39, 0.29) is 17.3 Å². The van der Waals surface area contributed by atoms with Gasteiger partial charge in [-0.05, 0) is 19.1 Å². The SMILES string of the molecule is CC1(CCC(=O)Nc2ccccc2O)N=N1. The highest BCUT2D eigenvalue weighted by molar-refractivity contribution is 5.92. The highest BCUT2D eigenvalue weighted by atomic mass is 16.3. The zero-order valence-corrected chi connectivity index (χ0v) is 8.97. The number of benzene rings is 1. The van der Waals surface area contributed by atoms with Crippen molar-refractivity contribution in [3.05, 3.63) is 24.3 Å². The minimum Gasteiger partial charge on any atom is -0.506 e. The lowest BCUT2D eigenvalue weighted by molar-refractivity contribution is -0.116. The smallest absolute Gasteiger partial charge is 0.224 e. The lowest BCUT2D eigenvalue weighted by atomic mass is 10.1. The summed E-state index contributed by atoms with van der Waals surface area (Å²) in [6, 6.07) is 6.64. The average Bonchev–Trinajstić information content (AvgIpc) is 2.98. The number of nitrogens with zero attached hydrogens (tertiary/aromatic N) is 2. The number of aromatic hydroxyl groups is 1. The summed E-state index contributed by atoms with van der Waals surface area (Å²) in [5.74, 6) is -0.0668. The number of rotatable bonds is 4. The Labute approximate surface area is 93.2 Å². The molecule has 84 valence electrons. The van der Waals surface area contributed by atoms with E-state index in [9.17, 15) is 9.90 Å². The Morgan fingerprint density at radius 3 is 2.75 bits per heavy atom. The maximum atomic E-state index is 11.5. The van der Waals surface area contributed by atoms with Crippen LogP contribution in [0, 0.1) is 0 Å². The van der Waals surface area contributed by atoms with Gasteiger partial charge in [-0.15, -0.1) is 0 Å². The third kappa shape index (κ3) is 2.56. The van der Waals surface area contributed by atoms with Crippen LogP contribution in [0.1, 0.15) is 19.8 Å². The van der Waals surface area contributed by atoms with E-state index in [1.165, 1.54) is 6.07 Å². The summed E-state index contributed by atoms with van der Waals surface area (Å²) >= 11 is 0. The molecule has 0 bridgehead atoms. The Balaban J connectivity index is 1.85. The summed E-state index contributed by atoms with van der Waals surface area (Å²) in [5, 5.41) is 19.7. The molecule has 0 saturated carbocycles. The van der Waals surface area contributed by atoms with Crippen molar-refractivity contribution in [3.63, 3.8) is 0 Å². The fraction of sp³-hybridized carbons (Fsp3) is 0.364. The van der Waals surface area contributed by atoms with Gasteiger partial charge in [-0.2, -0.15) is 10.2 Å². The molecule has 0 aliphatic carbocycles. The largest absolute Gasteiger partial charge is 0.506 e. The second-order valence-electron chi connectivity index (χ2n) is 3.98. The van der Waals surface area contributed by atoms with E-state index in [1.54, 1.807) is 18.2 Å². The van der Waals surface area contributed by atoms with Crippen LogP contribution in [0.2, 0.25) is 0 Å². The standard InChI is InChI=1S/C11H13N3O2/c1-11(13-14-11)7-6-10(16)12-8-4-2-3-5-9(8)15/h2-5,15H,6-7H2,1H3,(H,12,16). The van der Waals surface area contributed by atoms with Crippen LogP contribution >= 0.6 is 0 Å². The summed E-state index contributed by atoms with van der Waals surface area (Å²) in [4.78, 5) is 11.5. The third-order valence-electron chi connectivity index (χ3n) is 2.45. The number of hydrogen-bond acceptors (Lipinski definition) is 4. The number of phenolic OH excluding ortho intramolecular Hbond substituents is 1. The fourth-order valence-corrected chi connectivity index (χ4v) is 1.33. The molecule has 1 aromatic carbocycles. The molecule has 0 spiro atoms. The Morgan fingerprint density at radius 2 is 2.12 bits per heavy atom. The molecule has 0 atom stereocenters. The van der Waals surface area contributed by atoms with Crippen molar-refractivity contribution in [1.82, 2.24) is 0 Å². The van der Waals surface area contributed by atoms with Gasteiger partial charge < -0.3 is 10.4 Å². The summed E-state index contributed by atoms with van der Waals surface area (Å²) in [6.45, 7) is 1.88. The van der Waals surface area contributed by atoms with Crippen LogP contribution in [-0.4, -0.2) is 16.7 Å². The molecular weight excluding hydrogens is 206 g/mol. The topological polar surface area (TPSA) is 74.0 Å². The van der Waals surface area contributed by atoms with Crippen LogP contribution in [0.15, 0.2) is 34.5 Å². The fourth-order valence-electron chi connectivity index (χ4n) is 1.33. The molecule has 1 aliphatic rings. The molecule has 0 unspecified atom stereocenters. The normalized spacial score (nSPS) is 15.8. The highest BCUT2D eigenvalue weighted by Crippen LogP contribution is 2.32. The number of phenols is 1. The van der Waals surface area contributed by atoms with Gasteiger partial charge in [0.1, 0.15) is 5.75 Å². The molecule has 0 aromatic heterocycles. The third-order valence-corrected chi connectivity index (χ3v) is 2.45. The van der Waals surface area contributed by atoms with Crippen LogP contribution in [0.5, 0.6) is 5.75 Å². The van der Waals surface area contributed by atoms with Gasteiger partial charge >= 0.3 is 0 Å².